The number of nitrogens with zero attached hydrogens (tertiary/aromatic N) is 2. The number of hydrogen-bond acceptors (Lipinski definition) is 3. The lowest BCUT2D eigenvalue weighted by Gasteiger charge is -2.30. The molecule has 0 amide bonds. The fraction of sp³-hybridized carbons (Fsp3) is 0.458. The van der Waals surface area contributed by atoms with E-state index in [-0.39, 0.29) is 29.2 Å². The summed E-state index contributed by atoms with van der Waals surface area (Å²) in [6, 6.07) is 8.50. The van der Waals surface area contributed by atoms with Gasteiger partial charge in [-0.2, -0.15) is 13.2 Å². The topological polar surface area (TPSA) is 23.6 Å². The Morgan fingerprint density at radius 1 is 1.18 bits per heavy atom. The number of likely N-dealkylation sites (tertiary alicyclic amines) is 1. The van der Waals surface area contributed by atoms with Gasteiger partial charge in [-0.25, -0.2) is 4.39 Å². The highest BCUT2D eigenvalue weighted by molar-refractivity contribution is 9.09. The summed E-state index contributed by atoms with van der Waals surface area (Å²) in [6.45, 7) is 3.16. The lowest BCUT2D eigenvalue weighted by atomic mass is 9.93. The van der Waals surface area contributed by atoms with Crippen LogP contribution in [-0.4, -0.2) is 46.7 Å². The van der Waals surface area contributed by atoms with Crippen LogP contribution in [0.3, 0.4) is 0 Å². The largest absolute Gasteiger partial charge is 0.419 e. The van der Waals surface area contributed by atoms with Crippen molar-refractivity contribution >= 4 is 44.9 Å². The maximum Gasteiger partial charge on any atom is 0.419 e. The zero-order valence-corrected chi connectivity index (χ0v) is 21.8. The molecular formula is C24H25BrCl2F4N2O. The van der Waals surface area contributed by atoms with Gasteiger partial charge in [0.1, 0.15) is 11.6 Å². The molecule has 0 N–H and O–H groups in total. The molecule has 1 aliphatic rings. The molecule has 3 rings (SSSR count). The molecule has 0 aromatic heterocycles. The Kier molecular flexibility index (Phi) is 9.06. The predicted molar refractivity (Wildman–Crippen MR) is 130 cm³/mol. The molecule has 2 aromatic carbocycles. The summed E-state index contributed by atoms with van der Waals surface area (Å²) in [6.07, 6.45) is -3.62. The fourth-order valence-corrected chi connectivity index (χ4v) is 5.23. The molecule has 0 aliphatic carbocycles. The number of ketones is 1. The van der Waals surface area contributed by atoms with Crippen LogP contribution in [0.1, 0.15) is 42.4 Å². The average molecular weight is 584 g/mol. The molecule has 0 saturated carbocycles. The Labute approximate surface area is 215 Å². The van der Waals surface area contributed by atoms with E-state index < -0.39 is 17.6 Å². The molecule has 0 spiro atoms. The summed E-state index contributed by atoms with van der Waals surface area (Å²) < 4.78 is 52.9. The van der Waals surface area contributed by atoms with Crippen molar-refractivity contribution in [3.8, 4) is 0 Å². The first-order valence-electron chi connectivity index (χ1n) is 10.7. The minimum atomic E-state index is -4.73. The zero-order valence-electron chi connectivity index (χ0n) is 18.7. The highest BCUT2D eigenvalue weighted by Crippen LogP contribution is 2.37. The minimum Gasteiger partial charge on any atom is -0.300 e. The normalized spacial score (nSPS) is 20.2. The Hall–Kier alpha value is -1.19. The number of Topliss-reactive ketones (excluding diaryl/α,β-unsaturated/α-hetero) is 1. The van der Waals surface area contributed by atoms with Crippen molar-refractivity contribution in [2.75, 3.05) is 20.1 Å². The second kappa shape index (κ2) is 11.2. The summed E-state index contributed by atoms with van der Waals surface area (Å²) in [5.41, 5.74) is 0.164. The molecule has 3 atom stereocenters. The van der Waals surface area contributed by atoms with E-state index in [2.05, 4.69) is 20.8 Å². The summed E-state index contributed by atoms with van der Waals surface area (Å²) in [4.78, 5) is 15.7. The first-order chi connectivity index (χ1) is 15.9. The van der Waals surface area contributed by atoms with Crippen LogP contribution in [0.25, 0.3) is 0 Å². The Morgan fingerprint density at radius 2 is 1.88 bits per heavy atom. The lowest BCUT2D eigenvalue weighted by Crippen LogP contribution is -2.38. The Balaban J connectivity index is 1.83. The number of carbonyl (C=O) groups is 1. The van der Waals surface area contributed by atoms with Crippen LogP contribution < -0.4 is 0 Å². The van der Waals surface area contributed by atoms with Crippen LogP contribution in [0.4, 0.5) is 17.6 Å². The minimum absolute atomic E-state index is 0.0106. The number of halogens is 7. The molecule has 3 nitrogen and oxygen atoms in total. The van der Waals surface area contributed by atoms with E-state index in [4.69, 9.17) is 23.2 Å². The first-order valence-corrected chi connectivity index (χ1v) is 12.4. The van der Waals surface area contributed by atoms with Crippen molar-refractivity contribution in [1.29, 1.82) is 0 Å². The monoisotopic (exact) mass is 582 g/mol. The molecule has 1 aliphatic heterocycles. The van der Waals surface area contributed by atoms with Gasteiger partial charge in [0.05, 0.1) is 20.6 Å². The molecule has 1 fully saturated rings. The van der Waals surface area contributed by atoms with Crippen LogP contribution >= 0.6 is 39.1 Å². The molecule has 0 bridgehead atoms. The van der Waals surface area contributed by atoms with Gasteiger partial charge in [0.15, 0.2) is 0 Å². The second-order valence-electron chi connectivity index (χ2n) is 8.70. The van der Waals surface area contributed by atoms with Crippen molar-refractivity contribution < 1.29 is 22.4 Å². The predicted octanol–water partition coefficient (Wildman–Crippen LogP) is 7.14. The van der Waals surface area contributed by atoms with Gasteiger partial charge < -0.3 is 4.79 Å². The number of alkyl halides is 4. The summed E-state index contributed by atoms with van der Waals surface area (Å²) in [7, 11) is 1.87. The third-order valence-electron chi connectivity index (χ3n) is 6.16. The third kappa shape index (κ3) is 6.72. The van der Waals surface area contributed by atoms with Crippen LogP contribution in [0.2, 0.25) is 10.0 Å². The van der Waals surface area contributed by atoms with Crippen molar-refractivity contribution in [3.05, 3.63) is 69.0 Å². The zero-order chi connectivity index (χ0) is 25.2. The van der Waals surface area contributed by atoms with Crippen molar-refractivity contribution in [2.45, 2.75) is 49.4 Å². The van der Waals surface area contributed by atoms with Gasteiger partial charge >= 0.3 is 6.18 Å². The quantitative estimate of drug-likeness (QED) is 0.187. The molecule has 2 aromatic rings. The van der Waals surface area contributed by atoms with E-state index >= 15 is 0 Å². The van der Waals surface area contributed by atoms with Crippen molar-refractivity contribution in [1.82, 2.24) is 9.80 Å². The average Bonchev–Trinajstić information content (AvgIpc) is 3.19. The van der Waals surface area contributed by atoms with Gasteiger partial charge in [-0.05, 0) is 55.8 Å². The van der Waals surface area contributed by atoms with Crippen molar-refractivity contribution in [3.63, 3.8) is 0 Å². The van der Waals surface area contributed by atoms with Crippen LogP contribution in [0.15, 0.2) is 36.4 Å². The summed E-state index contributed by atoms with van der Waals surface area (Å²) in [5.74, 6) is -1.14. The van der Waals surface area contributed by atoms with Gasteiger partial charge in [0.25, 0.3) is 0 Å². The van der Waals surface area contributed by atoms with Gasteiger partial charge in [0, 0.05) is 38.0 Å². The van der Waals surface area contributed by atoms with Crippen LogP contribution in [-0.2, 0) is 17.5 Å². The summed E-state index contributed by atoms with van der Waals surface area (Å²) >= 11 is 16.0. The molecule has 0 radical (unpaired) electrons. The smallest absolute Gasteiger partial charge is 0.300 e. The maximum absolute atomic E-state index is 14.1. The third-order valence-corrected chi connectivity index (χ3v) is 7.93. The molecule has 1 heterocycles. The number of rotatable bonds is 8. The van der Waals surface area contributed by atoms with Crippen molar-refractivity contribution in [2.24, 2.45) is 0 Å². The highest BCUT2D eigenvalue weighted by atomic mass is 79.9. The molecule has 1 unspecified atom stereocenters. The van der Waals surface area contributed by atoms with Crippen LogP contribution in [0, 0.1) is 5.82 Å². The van der Waals surface area contributed by atoms with Gasteiger partial charge in [-0.15, -0.1) is 0 Å². The number of benzene rings is 2. The van der Waals surface area contributed by atoms with Gasteiger partial charge in [-0.1, -0.05) is 51.3 Å². The number of likely N-dealkylation sites (N-methyl/N-ethyl adjacent to an activating group) is 1. The number of carbonyl (C=O) groups excluding carboxylic acids is 1. The van der Waals surface area contributed by atoms with E-state index in [1.165, 1.54) is 6.07 Å². The maximum atomic E-state index is 14.1. The molecule has 1 saturated heterocycles. The molecule has 10 heteroatoms. The molecular weight excluding hydrogens is 559 g/mol. The Morgan fingerprint density at radius 3 is 2.47 bits per heavy atom. The highest BCUT2D eigenvalue weighted by Gasteiger charge is 2.39. The summed E-state index contributed by atoms with van der Waals surface area (Å²) in [5, 5.41) is 0.890. The van der Waals surface area contributed by atoms with E-state index in [0.717, 1.165) is 17.7 Å². The van der Waals surface area contributed by atoms with Gasteiger partial charge in [-0.3, -0.25) is 9.80 Å². The Bertz CT molecular complexity index is 1040. The lowest BCUT2D eigenvalue weighted by molar-refractivity contribution is -0.140. The molecule has 34 heavy (non-hydrogen) atoms. The number of hydrogen-bond donors (Lipinski definition) is 0. The second-order valence-corrected chi connectivity index (χ2v) is 10.6. The fourth-order valence-electron chi connectivity index (χ4n) is 4.36. The van der Waals surface area contributed by atoms with E-state index in [1.807, 2.05) is 24.1 Å². The standard InChI is InChI=1S/C24H25BrCl2F4N2O/c1-14(34)3-8-23(25)33-12-17(16-5-7-19(26)20(27)10-16)22(13-33)32(2)11-15-4-6-18(21(28)9-15)24(29,30)31/h4-7,9-10,17,22-23H,3,8,11-13H2,1-2H3/t17-,22-,23?/m1/s1. The van der Waals surface area contributed by atoms with Crippen LogP contribution in [0.5, 0.6) is 0 Å². The van der Waals surface area contributed by atoms with E-state index in [1.54, 1.807) is 13.0 Å². The van der Waals surface area contributed by atoms with E-state index in [0.29, 0.717) is 41.5 Å². The van der Waals surface area contributed by atoms with E-state index in [9.17, 15) is 22.4 Å². The molecule has 186 valence electrons. The van der Waals surface area contributed by atoms with Gasteiger partial charge in [0.2, 0.25) is 0 Å². The SMILES string of the molecule is CC(=O)CCC(Br)N1C[C@H](c2ccc(Cl)c(Cl)c2)[C@H](N(C)Cc2ccc(C(F)(F)F)c(F)c2)C1. The first kappa shape index (κ1) is 27.4.